The molecule has 0 bridgehead atoms. The lowest BCUT2D eigenvalue weighted by Crippen LogP contribution is -2.43. The highest BCUT2D eigenvalue weighted by atomic mass is 16.5. The largest absolute Gasteiger partial charge is 0.392 e. The number of aliphatic hydroxyl groups is 1. The highest BCUT2D eigenvalue weighted by molar-refractivity contribution is 5.02. The van der Waals surface area contributed by atoms with Crippen LogP contribution in [0, 0.1) is 17.3 Å². The average Bonchev–Trinajstić information content (AvgIpc) is 2.61. The molecule has 1 aliphatic heterocycles. The zero-order chi connectivity index (χ0) is 13.8. The molecule has 3 unspecified atom stereocenters. The van der Waals surface area contributed by atoms with Gasteiger partial charge in [-0.25, -0.2) is 0 Å². The molecule has 0 radical (unpaired) electrons. The summed E-state index contributed by atoms with van der Waals surface area (Å²) in [5.74, 6) is 0.689. The SMILES string of the molecule is CC1(C)CC(C(O)C2CCCC2(C)C)C(C)(C)O1. The summed E-state index contributed by atoms with van der Waals surface area (Å²) in [6, 6.07) is 0. The summed E-state index contributed by atoms with van der Waals surface area (Å²) in [6.45, 7) is 13.2. The molecule has 0 aromatic rings. The molecule has 1 saturated carbocycles. The van der Waals surface area contributed by atoms with E-state index >= 15 is 0 Å². The molecule has 0 aromatic carbocycles. The van der Waals surface area contributed by atoms with Gasteiger partial charge in [0.2, 0.25) is 0 Å². The van der Waals surface area contributed by atoms with Gasteiger partial charge in [0.1, 0.15) is 0 Å². The third-order valence-corrected chi connectivity index (χ3v) is 5.31. The molecule has 0 amide bonds. The quantitative estimate of drug-likeness (QED) is 0.813. The van der Waals surface area contributed by atoms with Crippen molar-refractivity contribution >= 4 is 0 Å². The van der Waals surface area contributed by atoms with E-state index in [0.29, 0.717) is 5.92 Å². The standard InChI is InChI=1S/C16H30O2/c1-14(2)9-7-8-11(14)13(17)12-10-15(3,4)18-16(12,5)6/h11-13,17H,7-10H2,1-6H3. The van der Waals surface area contributed by atoms with Crippen LogP contribution in [0.25, 0.3) is 0 Å². The van der Waals surface area contributed by atoms with Crippen LogP contribution in [0.3, 0.4) is 0 Å². The van der Waals surface area contributed by atoms with Gasteiger partial charge >= 0.3 is 0 Å². The lowest BCUT2D eigenvalue weighted by Gasteiger charge is -2.38. The molecule has 2 aliphatic rings. The second-order valence-corrected chi connectivity index (χ2v) is 8.25. The van der Waals surface area contributed by atoms with E-state index in [2.05, 4.69) is 41.5 Å². The summed E-state index contributed by atoms with van der Waals surface area (Å²) >= 11 is 0. The van der Waals surface area contributed by atoms with Crippen LogP contribution in [0.2, 0.25) is 0 Å². The van der Waals surface area contributed by atoms with E-state index in [1.54, 1.807) is 0 Å². The van der Waals surface area contributed by atoms with Gasteiger partial charge in [-0.2, -0.15) is 0 Å². The van der Waals surface area contributed by atoms with E-state index in [1.165, 1.54) is 19.3 Å². The first-order valence-corrected chi connectivity index (χ1v) is 7.43. The van der Waals surface area contributed by atoms with Crippen LogP contribution in [0.4, 0.5) is 0 Å². The van der Waals surface area contributed by atoms with Crippen LogP contribution in [0.15, 0.2) is 0 Å². The predicted octanol–water partition coefficient (Wildman–Crippen LogP) is 3.77. The lowest BCUT2D eigenvalue weighted by molar-refractivity contribution is -0.0989. The molecule has 1 aliphatic carbocycles. The molecule has 18 heavy (non-hydrogen) atoms. The van der Waals surface area contributed by atoms with Crippen molar-refractivity contribution in [3.63, 3.8) is 0 Å². The molecule has 106 valence electrons. The molecule has 2 heteroatoms. The zero-order valence-electron chi connectivity index (χ0n) is 12.9. The van der Waals surface area contributed by atoms with Gasteiger partial charge < -0.3 is 9.84 Å². The van der Waals surface area contributed by atoms with Gasteiger partial charge in [0, 0.05) is 5.92 Å². The van der Waals surface area contributed by atoms with Crippen molar-refractivity contribution in [3.8, 4) is 0 Å². The molecule has 1 heterocycles. The van der Waals surface area contributed by atoms with Crippen molar-refractivity contribution in [1.29, 1.82) is 0 Å². The van der Waals surface area contributed by atoms with Gasteiger partial charge in [-0.15, -0.1) is 0 Å². The fourth-order valence-corrected chi connectivity index (χ4v) is 4.40. The molecule has 2 rings (SSSR count). The van der Waals surface area contributed by atoms with Gasteiger partial charge in [-0.1, -0.05) is 20.3 Å². The van der Waals surface area contributed by atoms with Crippen LogP contribution in [-0.2, 0) is 4.74 Å². The fourth-order valence-electron chi connectivity index (χ4n) is 4.40. The molecular formula is C16H30O2. The number of ether oxygens (including phenoxy) is 1. The van der Waals surface area contributed by atoms with Crippen molar-refractivity contribution < 1.29 is 9.84 Å². The van der Waals surface area contributed by atoms with E-state index < -0.39 is 0 Å². The van der Waals surface area contributed by atoms with E-state index in [0.717, 1.165) is 6.42 Å². The minimum atomic E-state index is -0.223. The van der Waals surface area contributed by atoms with Crippen molar-refractivity contribution in [3.05, 3.63) is 0 Å². The van der Waals surface area contributed by atoms with Crippen molar-refractivity contribution in [2.24, 2.45) is 17.3 Å². The summed E-state index contributed by atoms with van der Waals surface area (Å²) < 4.78 is 6.14. The normalized spacial score (nSPS) is 38.8. The average molecular weight is 254 g/mol. The molecule has 1 saturated heterocycles. The second kappa shape index (κ2) is 4.21. The van der Waals surface area contributed by atoms with Crippen LogP contribution < -0.4 is 0 Å². The lowest BCUT2D eigenvalue weighted by atomic mass is 9.70. The van der Waals surface area contributed by atoms with Crippen molar-refractivity contribution in [2.45, 2.75) is 84.5 Å². The highest BCUT2D eigenvalue weighted by Gasteiger charge is 2.52. The monoisotopic (exact) mass is 254 g/mol. The Kier molecular flexibility index (Phi) is 3.35. The number of rotatable bonds is 2. The Balaban J connectivity index is 2.17. The maximum atomic E-state index is 10.9. The van der Waals surface area contributed by atoms with Gasteiger partial charge in [0.15, 0.2) is 0 Å². The smallest absolute Gasteiger partial charge is 0.0687 e. The van der Waals surface area contributed by atoms with Gasteiger partial charge in [-0.05, 0) is 58.3 Å². The topological polar surface area (TPSA) is 29.5 Å². The minimum Gasteiger partial charge on any atom is -0.392 e. The molecule has 1 N–H and O–H groups in total. The summed E-state index contributed by atoms with van der Waals surface area (Å²) in [5, 5.41) is 10.9. The second-order valence-electron chi connectivity index (χ2n) is 8.25. The molecule has 2 fully saturated rings. The van der Waals surface area contributed by atoms with E-state index in [9.17, 15) is 5.11 Å². The summed E-state index contributed by atoms with van der Waals surface area (Å²) in [5.41, 5.74) is -0.0261. The van der Waals surface area contributed by atoms with Gasteiger partial charge in [-0.3, -0.25) is 0 Å². The first kappa shape index (κ1) is 14.3. The molecule has 0 aromatic heterocycles. The third kappa shape index (κ3) is 2.46. The van der Waals surface area contributed by atoms with E-state index in [-0.39, 0.29) is 28.6 Å². The van der Waals surface area contributed by atoms with Crippen molar-refractivity contribution in [1.82, 2.24) is 0 Å². The maximum absolute atomic E-state index is 10.9. The first-order chi connectivity index (χ1) is 8.05. The Morgan fingerprint density at radius 3 is 2.06 bits per heavy atom. The van der Waals surface area contributed by atoms with E-state index in [1.807, 2.05) is 0 Å². The molecule has 2 nitrogen and oxygen atoms in total. The Labute approximate surface area is 112 Å². The molecular weight excluding hydrogens is 224 g/mol. The van der Waals surface area contributed by atoms with Crippen LogP contribution in [-0.4, -0.2) is 22.4 Å². The Morgan fingerprint density at radius 1 is 1.06 bits per heavy atom. The highest BCUT2D eigenvalue weighted by Crippen LogP contribution is 2.51. The summed E-state index contributed by atoms with van der Waals surface area (Å²) in [6.07, 6.45) is 4.41. The minimum absolute atomic E-state index is 0.0993. The fraction of sp³-hybridized carbons (Fsp3) is 1.00. The number of hydrogen-bond donors (Lipinski definition) is 1. The zero-order valence-corrected chi connectivity index (χ0v) is 12.9. The Hall–Kier alpha value is -0.0800. The van der Waals surface area contributed by atoms with Crippen LogP contribution in [0.1, 0.15) is 67.2 Å². The molecule has 0 spiro atoms. The number of hydrogen-bond acceptors (Lipinski definition) is 2. The summed E-state index contributed by atoms with van der Waals surface area (Å²) in [4.78, 5) is 0. The number of aliphatic hydroxyl groups excluding tert-OH is 1. The van der Waals surface area contributed by atoms with Gasteiger partial charge in [0.25, 0.3) is 0 Å². The predicted molar refractivity (Wildman–Crippen MR) is 74.5 cm³/mol. The Morgan fingerprint density at radius 2 is 1.67 bits per heavy atom. The maximum Gasteiger partial charge on any atom is 0.0687 e. The van der Waals surface area contributed by atoms with Crippen molar-refractivity contribution in [2.75, 3.05) is 0 Å². The molecule has 3 atom stereocenters. The van der Waals surface area contributed by atoms with Gasteiger partial charge in [0.05, 0.1) is 17.3 Å². The summed E-state index contributed by atoms with van der Waals surface area (Å²) in [7, 11) is 0. The van der Waals surface area contributed by atoms with E-state index in [4.69, 9.17) is 4.74 Å². The Bertz CT molecular complexity index is 317. The van der Waals surface area contributed by atoms with Crippen LogP contribution >= 0.6 is 0 Å². The first-order valence-electron chi connectivity index (χ1n) is 7.43. The van der Waals surface area contributed by atoms with Crippen LogP contribution in [0.5, 0.6) is 0 Å². The third-order valence-electron chi connectivity index (χ3n) is 5.31.